The van der Waals surface area contributed by atoms with Crippen molar-refractivity contribution < 1.29 is 18.3 Å². The van der Waals surface area contributed by atoms with E-state index < -0.39 is 47.6 Å². The van der Waals surface area contributed by atoms with E-state index in [2.05, 4.69) is 15.0 Å². The highest BCUT2D eigenvalue weighted by molar-refractivity contribution is 5.71. The fraction of sp³-hybridized carbons (Fsp3) is 0.357. The molecule has 0 radical (unpaired) electrons. The van der Waals surface area contributed by atoms with E-state index >= 15 is 4.39 Å². The van der Waals surface area contributed by atoms with Crippen LogP contribution in [0.15, 0.2) is 59.7 Å². The fourth-order valence-corrected chi connectivity index (χ4v) is 5.98. The van der Waals surface area contributed by atoms with Crippen LogP contribution in [0.1, 0.15) is 60.7 Å². The molecule has 1 aliphatic heterocycles. The maximum atomic E-state index is 15.2. The Morgan fingerprint density at radius 1 is 1.05 bits per heavy atom. The molecule has 0 saturated carbocycles. The molecule has 1 amide bonds. The van der Waals surface area contributed by atoms with E-state index in [0.29, 0.717) is 29.7 Å². The van der Waals surface area contributed by atoms with Crippen LogP contribution in [0.5, 0.6) is 0 Å². The summed E-state index contributed by atoms with van der Waals surface area (Å²) in [5.41, 5.74) is 8.93. The monoisotopic (exact) mass is 534 g/mol. The minimum Gasteiger partial charge on any atom is -0.440 e. The molecule has 0 spiro atoms. The Hall–Kier alpha value is -4.12. The quantitative estimate of drug-likeness (QED) is 0.378. The number of nitrogens with zero attached hydrogens (tertiary/aromatic N) is 4. The number of carbonyl (C=O) groups excluding carboxylic acids is 1. The third-order valence-electron chi connectivity index (χ3n) is 7.80. The molecule has 4 aromatic rings. The van der Waals surface area contributed by atoms with Crippen molar-refractivity contribution in [1.82, 2.24) is 24.4 Å². The summed E-state index contributed by atoms with van der Waals surface area (Å²) in [7, 11) is 0. The fourth-order valence-electron chi connectivity index (χ4n) is 5.98. The summed E-state index contributed by atoms with van der Waals surface area (Å²) in [6, 6.07) is 8.41. The van der Waals surface area contributed by atoms with Crippen molar-refractivity contribution in [3.8, 4) is 0 Å². The molecule has 39 heavy (non-hydrogen) atoms. The maximum Gasteiger partial charge on any atom is 0.411 e. The van der Waals surface area contributed by atoms with Gasteiger partial charge in [0.15, 0.2) is 17.3 Å². The second-order valence-electron chi connectivity index (χ2n) is 10.1. The van der Waals surface area contributed by atoms with Gasteiger partial charge in [-0.1, -0.05) is 18.2 Å². The molecule has 1 aliphatic carbocycles. The summed E-state index contributed by atoms with van der Waals surface area (Å²) in [5.74, 6) is -2.14. The number of fused-ring (bicyclic) bond motifs is 2. The average Bonchev–Trinajstić information content (AvgIpc) is 3.13. The Kier molecular flexibility index (Phi) is 6.59. The zero-order valence-corrected chi connectivity index (χ0v) is 21.1. The second-order valence-corrected chi connectivity index (χ2v) is 10.1. The zero-order chi connectivity index (χ0) is 27.1. The second kappa shape index (κ2) is 10.2. The number of aryl methyl sites for hydroxylation is 1. The lowest BCUT2D eigenvalue weighted by molar-refractivity contribution is 0.0226. The maximum absolute atomic E-state index is 15.2. The molecule has 4 heterocycles. The van der Waals surface area contributed by atoms with Crippen molar-refractivity contribution >= 4 is 17.3 Å². The lowest BCUT2D eigenvalue weighted by Crippen LogP contribution is -2.54. The number of halogens is 2. The number of carbonyl (C=O) groups is 1. The van der Waals surface area contributed by atoms with E-state index in [1.54, 1.807) is 24.5 Å². The van der Waals surface area contributed by atoms with Gasteiger partial charge in [-0.25, -0.2) is 23.4 Å². The van der Waals surface area contributed by atoms with Gasteiger partial charge in [0.1, 0.15) is 6.10 Å². The molecule has 3 aromatic heterocycles. The van der Waals surface area contributed by atoms with Gasteiger partial charge in [-0.3, -0.25) is 19.4 Å². The molecule has 1 aromatic carbocycles. The molecule has 2 aliphatic rings. The van der Waals surface area contributed by atoms with Crippen molar-refractivity contribution in [2.75, 3.05) is 6.54 Å². The zero-order valence-electron chi connectivity index (χ0n) is 21.1. The molecule has 1 saturated heterocycles. The highest BCUT2D eigenvalue weighted by Crippen LogP contribution is 2.39. The van der Waals surface area contributed by atoms with Crippen molar-refractivity contribution in [3.05, 3.63) is 93.8 Å². The number of imidazole rings is 1. The van der Waals surface area contributed by atoms with Gasteiger partial charge in [-0.2, -0.15) is 0 Å². The van der Waals surface area contributed by atoms with E-state index in [0.717, 1.165) is 30.9 Å². The van der Waals surface area contributed by atoms with Crippen LogP contribution in [0.3, 0.4) is 0 Å². The summed E-state index contributed by atoms with van der Waals surface area (Å²) in [6.07, 6.45) is 5.54. The number of nitrogens with two attached hydrogens (primary N) is 1. The number of nitrogens with one attached hydrogen (secondary N) is 1. The highest BCUT2D eigenvalue weighted by atomic mass is 19.2. The number of ether oxygens (including phenoxy) is 1. The van der Waals surface area contributed by atoms with Gasteiger partial charge in [-0.15, -0.1) is 0 Å². The van der Waals surface area contributed by atoms with E-state index in [1.807, 2.05) is 12.1 Å². The van der Waals surface area contributed by atoms with Crippen LogP contribution in [-0.4, -0.2) is 43.1 Å². The average molecular weight is 535 g/mol. The van der Waals surface area contributed by atoms with Gasteiger partial charge in [0.25, 0.3) is 0 Å². The molecular weight excluding hydrogens is 506 g/mol. The topological polar surface area (TPSA) is 119 Å². The molecule has 6 rings (SSSR count). The number of aromatic amines is 1. The molecule has 11 heteroatoms. The van der Waals surface area contributed by atoms with E-state index in [4.69, 9.17) is 10.5 Å². The molecule has 4 atom stereocenters. The van der Waals surface area contributed by atoms with E-state index in [-0.39, 0.29) is 12.1 Å². The standard InChI is InChI=1S/C28H28F2N6O3/c29-18-9-3-8-17(22(18)30)25-23(31)19(36-20-10-5-14-33-26(20)34-27(36)37)12-15-35(25)28(38)39-21-11-2-1-6-16-7-4-13-32-24(16)21/h3-5,7-10,13-14,19,21,23,25H,1-2,6,11-12,15,31H2,(H,33,34,37)/t19?,21?,23-,25-/m0/s1. The molecular formula is C28H28F2N6O3. The Morgan fingerprint density at radius 2 is 1.87 bits per heavy atom. The Morgan fingerprint density at radius 3 is 2.74 bits per heavy atom. The first kappa shape index (κ1) is 25.2. The van der Waals surface area contributed by atoms with Gasteiger partial charge in [0.2, 0.25) is 0 Å². The molecule has 9 nitrogen and oxygen atoms in total. The summed E-state index contributed by atoms with van der Waals surface area (Å²) >= 11 is 0. The van der Waals surface area contributed by atoms with Crippen molar-refractivity contribution in [2.45, 2.75) is 56.3 Å². The van der Waals surface area contributed by atoms with Crippen LogP contribution in [0.2, 0.25) is 0 Å². The van der Waals surface area contributed by atoms with Crippen molar-refractivity contribution in [1.29, 1.82) is 0 Å². The first-order chi connectivity index (χ1) is 18.9. The number of hydrogen-bond acceptors (Lipinski definition) is 6. The largest absolute Gasteiger partial charge is 0.440 e. The molecule has 0 bridgehead atoms. The van der Waals surface area contributed by atoms with Gasteiger partial charge in [0, 0.05) is 24.5 Å². The number of benzene rings is 1. The van der Waals surface area contributed by atoms with Crippen LogP contribution in [-0.2, 0) is 11.2 Å². The summed E-state index contributed by atoms with van der Waals surface area (Å²) < 4.78 is 37.1. The highest BCUT2D eigenvalue weighted by Gasteiger charge is 2.44. The lowest BCUT2D eigenvalue weighted by atomic mass is 9.87. The number of likely N-dealkylation sites (tertiary alicyclic amines) is 1. The molecule has 3 N–H and O–H groups in total. The first-order valence-corrected chi connectivity index (χ1v) is 13.1. The van der Waals surface area contributed by atoms with Crippen molar-refractivity contribution in [2.24, 2.45) is 5.73 Å². The molecule has 2 unspecified atom stereocenters. The Bertz CT molecular complexity index is 1590. The number of pyridine rings is 2. The first-order valence-electron chi connectivity index (χ1n) is 13.1. The SMILES string of the molecule is N[C@H]1C(n2c(=O)[nH]c3ncccc32)CCN(C(=O)OC2CCCCc3cccnc32)[C@H]1c1cccc(F)c1F. The number of amides is 1. The van der Waals surface area contributed by atoms with Gasteiger partial charge in [0.05, 0.1) is 29.3 Å². The molecule has 1 fully saturated rings. The summed E-state index contributed by atoms with van der Waals surface area (Å²) in [4.78, 5) is 39.4. The number of rotatable bonds is 3. The normalized spacial score (nSPS) is 23.3. The molecule has 202 valence electrons. The predicted molar refractivity (Wildman–Crippen MR) is 139 cm³/mol. The van der Waals surface area contributed by atoms with Crippen LogP contribution in [0.25, 0.3) is 11.2 Å². The van der Waals surface area contributed by atoms with Gasteiger partial charge >= 0.3 is 11.8 Å². The minimum absolute atomic E-state index is 0.0745. The predicted octanol–water partition coefficient (Wildman–Crippen LogP) is 4.32. The number of hydrogen-bond donors (Lipinski definition) is 2. The Labute approximate surface area is 222 Å². The Balaban J connectivity index is 1.37. The van der Waals surface area contributed by atoms with Crippen LogP contribution >= 0.6 is 0 Å². The van der Waals surface area contributed by atoms with Crippen LogP contribution < -0.4 is 11.4 Å². The third-order valence-corrected chi connectivity index (χ3v) is 7.80. The summed E-state index contributed by atoms with van der Waals surface area (Å²) in [5, 5.41) is 0. The minimum atomic E-state index is -1.09. The van der Waals surface area contributed by atoms with Gasteiger partial charge < -0.3 is 10.5 Å². The number of aromatic nitrogens is 4. The third kappa shape index (κ3) is 4.46. The smallest absolute Gasteiger partial charge is 0.411 e. The number of piperidine rings is 1. The van der Waals surface area contributed by atoms with E-state index in [1.165, 1.54) is 21.6 Å². The number of H-pyrrole nitrogens is 1. The van der Waals surface area contributed by atoms with Crippen LogP contribution in [0.4, 0.5) is 13.6 Å². The van der Waals surface area contributed by atoms with Crippen LogP contribution in [0, 0.1) is 11.6 Å². The van der Waals surface area contributed by atoms with Crippen molar-refractivity contribution in [3.63, 3.8) is 0 Å². The van der Waals surface area contributed by atoms with Gasteiger partial charge in [-0.05, 0) is 61.9 Å². The summed E-state index contributed by atoms with van der Waals surface area (Å²) in [6.45, 7) is 0.110. The lowest BCUT2D eigenvalue weighted by Gasteiger charge is -2.44. The van der Waals surface area contributed by atoms with E-state index in [9.17, 15) is 14.0 Å².